The Balaban J connectivity index is 1.46. The number of hydrogen-bond donors (Lipinski definition) is 0. The lowest BCUT2D eigenvalue weighted by atomic mass is 10.3. The summed E-state index contributed by atoms with van der Waals surface area (Å²) in [5.74, 6) is 1.48. The molecule has 0 unspecified atom stereocenters. The van der Waals surface area contributed by atoms with E-state index in [1.165, 1.54) is 0 Å². The second kappa shape index (κ2) is 9.87. The van der Waals surface area contributed by atoms with Crippen LogP contribution in [0.5, 0.6) is 12.0 Å². The molecule has 0 aromatic carbocycles. The standard InChI is InChI=1S/C24H14N12O/c1-3-9-25-15(7-1)17-31-21(19-27-11-5-12-28-19)35-23(33-17)37-24-34-18(16-8-2-4-10-26-16)32-22(36-24)20-29-13-6-14-30-20/h1-14H. The molecule has 6 rings (SSSR count). The van der Waals surface area contributed by atoms with Crippen LogP contribution in [0.4, 0.5) is 0 Å². The fourth-order valence-corrected chi connectivity index (χ4v) is 3.13. The van der Waals surface area contributed by atoms with Crippen LogP contribution in [0, 0.1) is 0 Å². The van der Waals surface area contributed by atoms with E-state index >= 15 is 0 Å². The lowest BCUT2D eigenvalue weighted by Gasteiger charge is -2.08. The average molecular weight is 486 g/mol. The largest absolute Gasteiger partial charge is 0.388 e. The molecule has 0 aliphatic carbocycles. The van der Waals surface area contributed by atoms with Gasteiger partial charge < -0.3 is 4.74 Å². The van der Waals surface area contributed by atoms with E-state index in [0.717, 1.165) is 0 Å². The lowest BCUT2D eigenvalue weighted by molar-refractivity contribution is 0.405. The molecule has 0 saturated heterocycles. The Morgan fingerprint density at radius 1 is 0.351 bits per heavy atom. The van der Waals surface area contributed by atoms with Crippen molar-refractivity contribution in [1.82, 2.24) is 59.8 Å². The molecule has 0 N–H and O–H groups in total. The van der Waals surface area contributed by atoms with Crippen molar-refractivity contribution in [2.75, 3.05) is 0 Å². The predicted octanol–water partition coefficient (Wildman–Crippen LogP) is 2.89. The monoisotopic (exact) mass is 486 g/mol. The third-order valence-corrected chi connectivity index (χ3v) is 4.73. The van der Waals surface area contributed by atoms with Gasteiger partial charge in [-0.15, -0.1) is 0 Å². The highest BCUT2D eigenvalue weighted by Gasteiger charge is 2.18. The summed E-state index contributed by atoms with van der Waals surface area (Å²) in [6, 6.07) is 14.0. The van der Waals surface area contributed by atoms with Gasteiger partial charge in [-0.3, -0.25) is 9.97 Å². The molecule has 0 fully saturated rings. The highest BCUT2D eigenvalue weighted by atomic mass is 16.5. The van der Waals surface area contributed by atoms with Gasteiger partial charge in [-0.05, 0) is 36.4 Å². The molecule has 37 heavy (non-hydrogen) atoms. The molecule has 0 atom stereocenters. The Morgan fingerprint density at radius 2 is 0.757 bits per heavy atom. The molecule has 0 aliphatic heterocycles. The van der Waals surface area contributed by atoms with Crippen LogP contribution in [-0.4, -0.2) is 59.8 Å². The van der Waals surface area contributed by atoms with Crippen molar-refractivity contribution in [2.24, 2.45) is 0 Å². The van der Waals surface area contributed by atoms with Gasteiger partial charge >= 0.3 is 12.0 Å². The number of pyridine rings is 2. The van der Waals surface area contributed by atoms with Crippen LogP contribution in [0.25, 0.3) is 46.3 Å². The molecule has 0 aliphatic rings. The summed E-state index contributed by atoms with van der Waals surface area (Å²) in [5.41, 5.74) is 1.02. The summed E-state index contributed by atoms with van der Waals surface area (Å²) in [6.45, 7) is 0. The van der Waals surface area contributed by atoms with Gasteiger partial charge in [0, 0.05) is 37.2 Å². The number of aromatic nitrogens is 12. The van der Waals surface area contributed by atoms with E-state index in [1.54, 1.807) is 73.6 Å². The fourth-order valence-electron chi connectivity index (χ4n) is 3.13. The SMILES string of the molecule is c1ccc(-c2nc(Oc3nc(-c4ccccn4)nc(-c4ncccn4)n3)nc(-c3ncccn3)n2)nc1. The summed E-state index contributed by atoms with van der Waals surface area (Å²) < 4.78 is 5.94. The first-order valence-electron chi connectivity index (χ1n) is 10.9. The first-order chi connectivity index (χ1) is 18.3. The first-order valence-corrected chi connectivity index (χ1v) is 10.9. The van der Waals surface area contributed by atoms with Gasteiger partial charge in [0.15, 0.2) is 23.3 Å². The number of nitrogens with zero attached hydrogens (tertiary/aromatic N) is 12. The molecule has 0 amide bonds. The van der Waals surface area contributed by atoms with E-state index < -0.39 is 0 Å². The maximum Gasteiger partial charge on any atom is 0.328 e. The van der Waals surface area contributed by atoms with Gasteiger partial charge in [0.1, 0.15) is 11.4 Å². The molecule has 0 spiro atoms. The molecular weight excluding hydrogens is 472 g/mol. The summed E-state index contributed by atoms with van der Waals surface area (Å²) in [7, 11) is 0. The number of ether oxygens (including phenoxy) is 1. The van der Waals surface area contributed by atoms with Gasteiger partial charge in [0.2, 0.25) is 11.6 Å². The van der Waals surface area contributed by atoms with Gasteiger partial charge in [0.05, 0.1) is 0 Å². The molecular formula is C24H14N12O. The minimum atomic E-state index is -0.0868. The van der Waals surface area contributed by atoms with Crippen LogP contribution in [0.3, 0.4) is 0 Å². The minimum absolute atomic E-state index is 0.0868. The number of rotatable bonds is 6. The molecule has 13 nitrogen and oxygen atoms in total. The Labute approximate surface area is 208 Å². The molecule has 0 saturated carbocycles. The zero-order valence-electron chi connectivity index (χ0n) is 18.9. The van der Waals surface area contributed by atoms with Crippen molar-refractivity contribution in [3.05, 3.63) is 85.7 Å². The van der Waals surface area contributed by atoms with Crippen LogP contribution in [0.1, 0.15) is 0 Å². The van der Waals surface area contributed by atoms with E-state index in [0.29, 0.717) is 11.4 Å². The van der Waals surface area contributed by atoms with Crippen LogP contribution < -0.4 is 4.74 Å². The highest BCUT2D eigenvalue weighted by Crippen LogP contribution is 2.24. The van der Waals surface area contributed by atoms with Gasteiger partial charge in [-0.25, -0.2) is 29.9 Å². The first kappa shape index (κ1) is 21.8. The highest BCUT2D eigenvalue weighted by molar-refractivity contribution is 5.55. The lowest BCUT2D eigenvalue weighted by Crippen LogP contribution is -2.06. The van der Waals surface area contributed by atoms with E-state index in [2.05, 4.69) is 59.8 Å². The van der Waals surface area contributed by atoms with E-state index in [9.17, 15) is 0 Å². The third-order valence-electron chi connectivity index (χ3n) is 4.73. The zero-order chi connectivity index (χ0) is 24.9. The smallest absolute Gasteiger partial charge is 0.328 e. The summed E-state index contributed by atoms with van der Waals surface area (Å²) in [4.78, 5) is 52.1. The van der Waals surface area contributed by atoms with E-state index in [4.69, 9.17) is 4.74 Å². The van der Waals surface area contributed by atoms with Crippen molar-refractivity contribution in [3.63, 3.8) is 0 Å². The van der Waals surface area contributed by atoms with Gasteiger partial charge in [0.25, 0.3) is 0 Å². The Bertz CT molecular complexity index is 1400. The van der Waals surface area contributed by atoms with Crippen LogP contribution in [0.15, 0.2) is 85.7 Å². The molecule has 6 aromatic rings. The summed E-state index contributed by atoms with van der Waals surface area (Å²) >= 11 is 0. The average Bonchev–Trinajstić information content (AvgIpc) is 2.99. The fraction of sp³-hybridized carbons (Fsp3) is 0. The molecule has 176 valence electrons. The molecule has 0 radical (unpaired) electrons. The van der Waals surface area contributed by atoms with E-state index in [1.807, 2.05) is 12.1 Å². The van der Waals surface area contributed by atoms with Crippen molar-refractivity contribution < 1.29 is 4.74 Å². The second-order valence-corrected chi connectivity index (χ2v) is 7.21. The molecule has 6 heterocycles. The van der Waals surface area contributed by atoms with Crippen molar-refractivity contribution in [1.29, 1.82) is 0 Å². The van der Waals surface area contributed by atoms with E-state index in [-0.39, 0.29) is 47.0 Å². The zero-order valence-corrected chi connectivity index (χ0v) is 18.9. The normalized spacial score (nSPS) is 10.7. The maximum absolute atomic E-state index is 5.94. The Hall–Kier alpha value is -5.72. The molecule has 13 heteroatoms. The summed E-state index contributed by atoms with van der Waals surface area (Å²) in [6.07, 6.45) is 9.62. The van der Waals surface area contributed by atoms with Crippen molar-refractivity contribution in [3.8, 4) is 58.4 Å². The Morgan fingerprint density at radius 3 is 1.16 bits per heavy atom. The van der Waals surface area contributed by atoms with Crippen LogP contribution in [0.2, 0.25) is 0 Å². The van der Waals surface area contributed by atoms with Crippen molar-refractivity contribution in [2.45, 2.75) is 0 Å². The van der Waals surface area contributed by atoms with Crippen LogP contribution in [-0.2, 0) is 0 Å². The molecule has 0 bridgehead atoms. The second-order valence-electron chi connectivity index (χ2n) is 7.21. The summed E-state index contributed by atoms with van der Waals surface area (Å²) in [5, 5.41) is 0. The van der Waals surface area contributed by atoms with Gasteiger partial charge in [-0.2, -0.15) is 19.9 Å². The minimum Gasteiger partial charge on any atom is -0.388 e. The molecule has 6 aromatic heterocycles. The maximum atomic E-state index is 5.94. The third kappa shape index (κ3) is 4.90. The topological polar surface area (TPSA) is 164 Å². The predicted molar refractivity (Wildman–Crippen MR) is 128 cm³/mol. The van der Waals surface area contributed by atoms with Crippen molar-refractivity contribution >= 4 is 0 Å². The Kier molecular flexibility index (Phi) is 5.81. The van der Waals surface area contributed by atoms with Gasteiger partial charge in [-0.1, -0.05) is 12.1 Å². The van der Waals surface area contributed by atoms with Crippen LogP contribution >= 0.6 is 0 Å². The quantitative estimate of drug-likeness (QED) is 0.338. The number of hydrogen-bond acceptors (Lipinski definition) is 13.